The van der Waals surface area contributed by atoms with E-state index in [-0.39, 0.29) is 11.3 Å². The molecule has 0 aliphatic rings. The van der Waals surface area contributed by atoms with Crippen molar-refractivity contribution in [3.8, 4) is 5.75 Å². The van der Waals surface area contributed by atoms with E-state index in [4.69, 9.17) is 0 Å². The second-order valence-electron chi connectivity index (χ2n) is 2.97. The Bertz CT molecular complexity index is 349. The van der Waals surface area contributed by atoms with Crippen LogP contribution in [0.15, 0.2) is 18.2 Å². The third-order valence-corrected chi connectivity index (χ3v) is 1.82. The number of benzene rings is 1. The van der Waals surface area contributed by atoms with E-state index in [2.05, 4.69) is 4.74 Å². The predicted octanol–water partition coefficient (Wildman–Crippen LogP) is 2.65. The third-order valence-electron chi connectivity index (χ3n) is 1.82. The third kappa shape index (κ3) is 3.11. The standard InChI is InChI=1S/C8H7BF5O/c1-5-4-6(15-8(10)11)2-3-7(5)9(12,13)14/h2-4,8H,1H3/q-1. The van der Waals surface area contributed by atoms with Gasteiger partial charge in [-0.1, -0.05) is 11.6 Å². The Hall–Kier alpha value is -1.27. The maximum Gasteiger partial charge on any atom is 0.509 e. The lowest BCUT2D eigenvalue weighted by atomic mass is 9.77. The molecule has 1 rings (SSSR count). The van der Waals surface area contributed by atoms with Gasteiger partial charge in [-0.25, -0.2) is 0 Å². The van der Waals surface area contributed by atoms with Gasteiger partial charge in [0, 0.05) is 0 Å². The molecule has 0 radical (unpaired) electrons. The molecule has 1 nitrogen and oxygen atoms in total. The quantitative estimate of drug-likeness (QED) is 0.567. The molecule has 0 amide bonds. The van der Waals surface area contributed by atoms with Gasteiger partial charge >= 0.3 is 13.6 Å². The lowest BCUT2D eigenvalue weighted by Gasteiger charge is -2.18. The molecule has 0 N–H and O–H groups in total. The molecular formula is C8H7BF5O-. The molecule has 0 spiro atoms. The first-order chi connectivity index (χ1) is 6.80. The van der Waals surface area contributed by atoms with Crippen LogP contribution in [-0.4, -0.2) is 13.6 Å². The van der Waals surface area contributed by atoms with Gasteiger partial charge < -0.3 is 17.7 Å². The zero-order valence-electron chi connectivity index (χ0n) is 7.68. The monoisotopic (exact) mass is 225 g/mol. The average molecular weight is 225 g/mol. The predicted molar refractivity (Wildman–Crippen MR) is 46.5 cm³/mol. The van der Waals surface area contributed by atoms with Crippen molar-refractivity contribution < 1.29 is 26.5 Å². The minimum atomic E-state index is -5.11. The maximum absolute atomic E-state index is 12.3. The molecule has 0 saturated carbocycles. The Labute approximate surface area is 82.9 Å². The first kappa shape index (κ1) is 11.8. The average Bonchev–Trinajstić information content (AvgIpc) is 1.99. The minimum absolute atomic E-state index is 0.124. The maximum atomic E-state index is 12.3. The number of alkyl halides is 2. The normalized spacial score (nSPS) is 11.9. The van der Waals surface area contributed by atoms with Gasteiger partial charge in [-0.05, 0) is 19.1 Å². The Balaban J connectivity index is 2.99. The second kappa shape index (κ2) is 4.08. The molecule has 0 heterocycles. The summed E-state index contributed by atoms with van der Waals surface area (Å²) < 4.78 is 64.4. The summed E-state index contributed by atoms with van der Waals surface area (Å²) in [4.78, 5) is 0. The molecule has 0 aliphatic carbocycles. The van der Waals surface area contributed by atoms with Crippen molar-refractivity contribution in [2.45, 2.75) is 13.5 Å². The number of hydrogen-bond acceptors (Lipinski definition) is 1. The zero-order chi connectivity index (χ0) is 11.6. The summed E-state index contributed by atoms with van der Waals surface area (Å²) in [6, 6.07) is 2.56. The van der Waals surface area contributed by atoms with Gasteiger partial charge in [0.1, 0.15) is 5.75 Å². The summed E-state index contributed by atoms with van der Waals surface area (Å²) in [5.41, 5.74) is -0.919. The number of hydrogen-bond donors (Lipinski definition) is 0. The first-order valence-corrected chi connectivity index (χ1v) is 4.06. The van der Waals surface area contributed by atoms with Crippen LogP contribution in [0.3, 0.4) is 0 Å². The van der Waals surface area contributed by atoms with Crippen molar-refractivity contribution in [3.05, 3.63) is 23.8 Å². The summed E-state index contributed by atoms with van der Waals surface area (Å²) in [5.74, 6) is -0.272. The van der Waals surface area contributed by atoms with E-state index in [0.717, 1.165) is 18.2 Å². The molecule has 0 aromatic heterocycles. The van der Waals surface area contributed by atoms with E-state index < -0.39 is 19.1 Å². The van der Waals surface area contributed by atoms with Crippen LogP contribution >= 0.6 is 0 Å². The topological polar surface area (TPSA) is 9.23 Å². The van der Waals surface area contributed by atoms with Crippen LogP contribution in [0, 0.1) is 6.92 Å². The van der Waals surface area contributed by atoms with Gasteiger partial charge in [0.25, 0.3) is 0 Å². The molecule has 7 heteroatoms. The number of ether oxygens (including phenoxy) is 1. The van der Waals surface area contributed by atoms with Crippen LogP contribution in [-0.2, 0) is 0 Å². The van der Waals surface area contributed by atoms with Crippen LogP contribution in [0.1, 0.15) is 5.56 Å². The smallest absolute Gasteiger partial charge is 0.445 e. The van der Waals surface area contributed by atoms with E-state index in [0.29, 0.717) is 0 Å². The zero-order valence-corrected chi connectivity index (χ0v) is 7.68. The largest absolute Gasteiger partial charge is 0.509 e. The van der Waals surface area contributed by atoms with E-state index in [9.17, 15) is 21.7 Å². The SMILES string of the molecule is Cc1cc(OC(F)F)ccc1[B-](F)(F)F. The summed E-state index contributed by atoms with van der Waals surface area (Å²) in [6.07, 6.45) is 0. The van der Waals surface area contributed by atoms with Crippen molar-refractivity contribution in [2.75, 3.05) is 0 Å². The molecule has 15 heavy (non-hydrogen) atoms. The minimum Gasteiger partial charge on any atom is -0.445 e. The fraction of sp³-hybridized carbons (Fsp3) is 0.250. The Morgan fingerprint density at radius 1 is 1.20 bits per heavy atom. The summed E-state index contributed by atoms with van der Waals surface area (Å²) in [6.45, 7) is -6.95. The van der Waals surface area contributed by atoms with E-state index >= 15 is 0 Å². The first-order valence-electron chi connectivity index (χ1n) is 4.06. The highest BCUT2D eigenvalue weighted by atomic mass is 19.4. The Morgan fingerprint density at radius 2 is 1.80 bits per heavy atom. The number of aryl methyl sites for hydroxylation is 1. The fourth-order valence-corrected chi connectivity index (χ4v) is 1.19. The molecule has 0 atom stereocenters. The van der Waals surface area contributed by atoms with Crippen molar-refractivity contribution >= 4 is 12.4 Å². The van der Waals surface area contributed by atoms with Gasteiger partial charge in [0.15, 0.2) is 0 Å². The molecule has 1 aromatic rings. The molecule has 0 unspecified atom stereocenters. The van der Waals surface area contributed by atoms with Crippen LogP contribution in [0.2, 0.25) is 0 Å². The highest BCUT2D eigenvalue weighted by Gasteiger charge is 2.27. The number of rotatable bonds is 3. The Morgan fingerprint density at radius 3 is 2.20 bits per heavy atom. The van der Waals surface area contributed by atoms with Crippen molar-refractivity contribution in [3.63, 3.8) is 0 Å². The van der Waals surface area contributed by atoms with E-state index in [1.54, 1.807) is 0 Å². The molecule has 1 aromatic carbocycles. The van der Waals surface area contributed by atoms with Crippen molar-refractivity contribution in [1.29, 1.82) is 0 Å². The summed E-state index contributed by atoms with van der Waals surface area (Å²) in [5, 5.41) is 0. The number of halogens is 5. The fourth-order valence-electron chi connectivity index (χ4n) is 1.19. The second-order valence-corrected chi connectivity index (χ2v) is 2.97. The van der Waals surface area contributed by atoms with Crippen molar-refractivity contribution in [1.82, 2.24) is 0 Å². The summed E-state index contributed by atoms with van der Waals surface area (Å²) in [7, 11) is 0. The van der Waals surface area contributed by atoms with Crippen LogP contribution in [0.4, 0.5) is 21.7 Å². The van der Waals surface area contributed by atoms with Gasteiger partial charge in [-0.3, -0.25) is 0 Å². The van der Waals surface area contributed by atoms with Crippen LogP contribution < -0.4 is 10.2 Å². The van der Waals surface area contributed by atoms with E-state index in [1.807, 2.05) is 0 Å². The molecule has 0 bridgehead atoms. The summed E-state index contributed by atoms with van der Waals surface area (Å²) >= 11 is 0. The Kier molecular flexibility index (Phi) is 3.21. The van der Waals surface area contributed by atoms with Crippen LogP contribution in [0.5, 0.6) is 5.75 Å². The molecule has 84 valence electrons. The molecule has 0 saturated heterocycles. The van der Waals surface area contributed by atoms with Crippen molar-refractivity contribution in [2.24, 2.45) is 0 Å². The highest BCUT2D eigenvalue weighted by Crippen LogP contribution is 2.18. The van der Waals surface area contributed by atoms with Gasteiger partial charge in [0.2, 0.25) is 0 Å². The lowest BCUT2D eigenvalue weighted by molar-refractivity contribution is -0.0498. The molecule has 0 aliphatic heterocycles. The van der Waals surface area contributed by atoms with E-state index in [1.165, 1.54) is 6.92 Å². The van der Waals surface area contributed by atoms with Gasteiger partial charge in [-0.2, -0.15) is 8.78 Å². The van der Waals surface area contributed by atoms with Gasteiger partial charge in [0.05, 0.1) is 0 Å². The molecular weight excluding hydrogens is 218 g/mol. The lowest BCUT2D eigenvalue weighted by Crippen LogP contribution is -2.35. The van der Waals surface area contributed by atoms with Gasteiger partial charge in [-0.15, -0.1) is 5.46 Å². The highest BCUT2D eigenvalue weighted by molar-refractivity contribution is 6.74. The van der Waals surface area contributed by atoms with Crippen LogP contribution in [0.25, 0.3) is 0 Å². The molecule has 0 fully saturated rings.